The summed E-state index contributed by atoms with van der Waals surface area (Å²) in [5.74, 6) is 0. The Morgan fingerprint density at radius 1 is 1.29 bits per heavy atom. The Balaban J connectivity index is 1.68. The Bertz CT molecular complexity index is 603. The normalized spacial score (nSPS) is 24.8. The first-order valence-corrected chi connectivity index (χ1v) is 8.99. The molecule has 4 rings (SSSR count). The SMILES string of the molecule is c1ccc2c(c1)CCCC2(CNC1CC1)Cc1cscn1. The van der Waals surface area contributed by atoms with Crippen LogP contribution in [-0.2, 0) is 18.3 Å². The second kappa shape index (κ2) is 5.54. The average molecular weight is 298 g/mol. The third kappa shape index (κ3) is 2.77. The molecule has 1 unspecified atom stereocenters. The van der Waals surface area contributed by atoms with Gasteiger partial charge in [-0.05, 0) is 43.2 Å². The van der Waals surface area contributed by atoms with Crippen molar-refractivity contribution in [1.29, 1.82) is 0 Å². The third-order valence-corrected chi connectivity index (χ3v) is 5.63. The molecule has 2 nitrogen and oxygen atoms in total. The van der Waals surface area contributed by atoms with E-state index in [1.54, 1.807) is 22.5 Å². The fourth-order valence-corrected chi connectivity index (χ4v) is 4.29. The highest BCUT2D eigenvalue weighted by Crippen LogP contribution is 2.40. The van der Waals surface area contributed by atoms with Gasteiger partial charge in [-0.15, -0.1) is 11.3 Å². The van der Waals surface area contributed by atoms with Gasteiger partial charge in [0.2, 0.25) is 0 Å². The van der Waals surface area contributed by atoms with Gasteiger partial charge in [-0.2, -0.15) is 0 Å². The van der Waals surface area contributed by atoms with E-state index in [1.807, 2.05) is 5.51 Å². The predicted octanol–water partition coefficient (Wildman–Crippen LogP) is 3.71. The summed E-state index contributed by atoms with van der Waals surface area (Å²) in [5.41, 5.74) is 6.58. The molecule has 1 heterocycles. The second-order valence-corrected chi connectivity index (χ2v) is 7.32. The molecule has 3 heteroatoms. The lowest BCUT2D eigenvalue weighted by Gasteiger charge is -2.39. The molecule has 1 fully saturated rings. The minimum Gasteiger partial charge on any atom is -0.313 e. The number of nitrogens with one attached hydrogen (secondary N) is 1. The van der Waals surface area contributed by atoms with Crippen LogP contribution in [0.4, 0.5) is 0 Å². The highest BCUT2D eigenvalue weighted by Gasteiger charge is 2.38. The Hall–Kier alpha value is -1.19. The standard InChI is InChI=1S/C18H22N2S/c1-2-6-17-14(4-1)5-3-9-18(17,12-19-15-7-8-15)10-16-11-21-13-20-16/h1-2,4,6,11,13,15,19H,3,5,7-10,12H2. The van der Waals surface area contributed by atoms with E-state index >= 15 is 0 Å². The molecule has 0 radical (unpaired) electrons. The fraction of sp³-hybridized carbons (Fsp3) is 0.500. The zero-order valence-corrected chi connectivity index (χ0v) is 13.2. The number of aromatic nitrogens is 1. The van der Waals surface area contributed by atoms with E-state index in [1.165, 1.54) is 37.8 Å². The Morgan fingerprint density at radius 3 is 3.00 bits per heavy atom. The molecular weight excluding hydrogens is 276 g/mol. The van der Waals surface area contributed by atoms with Crippen LogP contribution in [0.2, 0.25) is 0 Å². The Labute approximate surface area is 130 Å². The first-order valence-electron chi connectivity index (χ1n) is 8.05. The molecular formula is C18H22N2S. The van der Waals surface area contributed by atoms with Gasteiger partial charge in [-0.25, -0.2) is 4.98 Å². The van der Waals surface area contributed by atoms with E-state index in [4.69, 9.17) is 0 Å². The molecule has 2 aliphatic carbocycles. The summed E-state index contributed by atoms with van der Waals surface area (Å²) in [6.45, 7) is 1.10. The molecule has 0 aliphatic heterocycles. The number of rotatable bonds is 5. The van der Waals surface area contributed by atoms with Crippen molar-refractivity contribution < 1.29 is 0 Å². The number of aryl methyl sites for hydroxylation is 1. The topological polar surface area (TPSA) is 24.9 Å². The van der Waals surface area contributed by atoms with Crippen LogP contribution in [0.15, 0.2) is 35.2 Å². The molecule has 1 atom stereocenters. The molecule has 2 aromatic rings. The van der Waals surface area contributed by atoms with Crippen molar-refractivity contribution in [2.24, 2.45) is 0 Å². The van der Waals surface area contributed by atoms with Crippen LogP contribution in [0, 0.1) is 0 Å². The lowest BCUT2D eigenvalue weighted by molar-refractivity contribution is 0.332. The highest BCUT2D eigenvalue weighted by atomic mass is 32.1. The van der Waals surface area contributed by atoms with Crippen molar-refractivity contribution in [3.63, 3.8) is 0 Å². The molecule has 1 saturated carbocycles. The molecule has 110 valence electrons. The van der Waals surface area contributed by atoms with E-state index in [0.29, 0.717) is 0 Å². The summed E-state index contributed by atoms with van der Waals surface area (Å²) in [4.78, 5) is 4.56. The lowest BCUT2D eigenvalue weighted by Crippen LogP contribution is -2.43. The molecule has 1 aromatic heterocycles. The van der Waals surface area contributed by atoms with E-state index in [-0.39, 0.29) is 5.41 Å². The van der Waals surface area contributed by atoms with Crippen LogP contribution in [-0.4, -0.2) is 17.6 Å². The van der Waals surface area contributed by atoms with Crippen LogP contribution in [0.1, 0.15) is 42.5 Å². The summed E-state index contributed by atoms with van der Waals surface area (Å²) in [6, 6.07) is 9.84. The molecule has 2 aliphatic rings. The van der Waals surface area contributed by atoms with Gasteiger partial charge in [0.1, 0.15) is 0 Å². The maximum absolute atomic E-state index is 4.56. The zero-order valence-electron chi connectivity index (χ0n) is 12.3. The van der Waals surface area contributed by atoms with Crippen LogP contribution in [0.3, 0.4) is 0 Å². The first kappa shape index (κ1) is 13.5. The van der Waals surface area contributed by atoms with Crippen molar-refractivity contribution >= 4 is 11.3 Å². The van der Waals surface area contributed by atoms with Crippen LogP contribution in [0.25, 0.3) is 0 Å². The molecule has 0 saturated heterocycles. The van der Waals surface area contributed by atoms with Crippen molar-refractivity contribution in [1.82, 2.24) is 10.3 Å². The Morgan fingerprint density at radius 2 is 2.19 bits per heavy atom. The van der Waals surface area contributed by atoms with Gasteiger partial charge in [0.15, 0.2) is 0 Å². The quantitative estimate of drug-likeness (QED) is 0.910. The molecule has 1 aromatic carbocycles. The van der Waals surface area contributed by atoms with Gasteiger partial charge >= 0.3 is 0 Å². The third-order valence-electron chi connectivity index (χ3n) is 5.00. The zero-order chi connectivity index (χ0) is 14.1. The fourth-order valence-electron chi connectivity index (χ4n) is 3.74. The summed E-state index contributed by atoms with van der Waals surface area (Å²) in [5, 5.41) is 6.01. The molecule has 0 bridgehead atoms. The van der Waals surface area contributed by atoms with E-state index in [0.717, 1.165) is 19.0 Å². The largest absolute Gasteiger partial charge is 0.313 e. The second-order valence-electron chi connectivity index (χ2n) is 6.60. The van der Waals surface area contributed by atoms with Gasteiger partial charge in [-0.3, -0.25) is 0 Å². The number of hydrogen-bond donors (Lipinski definition) is 1. The summed E-state index contributed by atoms with van der Waals surface area (Å²) in [6.07, 6.45) is 7.60. The lowest BCUT2D eigenvalue weighted by atomic mass is 9.67. The molecule has 0 spiro atoms. The summed E-state index contributed by atoms with van der Waals surface area (Å²) < 4.78 is 0. The summed E-state index contributed by atoms with van der Waals surface area (Å²) in [7, 11) is 0. The first-order chi connectivity index (χ1) is 10.4. The van der Waals surface area contributed by atoms with Gasteiger partial charge in [0, 0.05) is 29.8 Å². The molecule has 21 heavy (non-hydrogen) atoms. The van der Waals surface area contributed by atoms with Crippen molar-refractivity contribution in [3.8, 4) is 0 Å². The molecule has 1 N–H and O–H groups in total. The maximum Gasteiger partial charge on any atom is 0.0794 e. The number of benzene rings is 1. The van der Waals surface area contributed by atoms with E-state index in [9.17, 15) is 0 Å². The predicted molar refractivity (Wildman–Crippen MR) is 87.9 cm³/mol. The number of hydrogen-bond acceptors (Lipinski definition) is 3. The minimum absolute atomic E-state index is 0.242. The number of nitrogens with zero attached hydrogens (tertiary/aromatic N) is 1. The number of thiazole rings is 1. The van der Waals surface area contributed by atoms with Crippen LogP contribution in [0.5, 0.6) is 0 Å². The highest BCUT2D eigenvalue weighted by molar-refractivity contribution is 7.07. The van der Waals surface area contributed by atoms with Crippen LogP contribution >= 0.6 is 11.3 Å². The van der Waals surface area contributed by atoms with Crippen molar-refractivity contribution in [3.05, 3.63) is 52.0 Å². The number of fused-ring (bicyclic) bond motifs is 1. The van der Waals surface area contributed by atoms with Gasteiger partial charge < -0.3 is 5.32 Å². The smallest absolute Gasteiger partial charge is 0.0794 e. The van der Waals surface area contributed by atoms with Crippen molar-refractivity contribution in [2.75, 3.05) is 6.54 Å². The van der Waals surface area contributed by atoms with E-state index < -0.39 is 0 Å². The van der Waals surface area contributed by atoms with Crippen LogP contribution < -0.4 is 5.32 Å². The van der Waals surface area contributed by atoms with Gasteiger partial charge in [-0.1, -0.05) is 24.3 Å². The molecule has 0 amide bonds. The maximum atomic E-state index is 4.56. The van der Waals surface area contributed by atoms with Gasteiger partial charge in [0.25, 0.3) is 0 Å². The summed E-state index contributed by atoms with van der Waals surface area (Å²) >= 11 is 1.71. The minimum atomic E-state index is 0.242. The van der Waals surface area contributed by atoms with E-state index in [2.05, 4.69) is 39.9 Å². The Kier molecular flexibility index (Phi) is 3.56. The average Bonchev–Trinajstić information content (AvgIpc) is 3.22. The monoisotopic (exact) mass is 298 g/mol. The van der Waals surface area contributed by atoms with Gasteiger partial charge in [0.05, 0.1) is 11.2 Å². The van der Waals surface area contributed by atoms with Crippen molar-refractivity contribution in [2.45, 2.75) is 50.0 Å².